The minimum Gasteiger partial charge on any atom is -0.490 e. The van der Waals surface area contributed by atoms with Crippen molar-refractivity contribution in [1.29, 1.82) is 0 Å². The number of benzene rings is 2. The average Bonchev–Trinajstić information content (AvgIpc) is 2.95. The van der Waals surface area contributed by atoms with Gasteiger partial charge in [0.15, 0.2) is 11.5 Å². The van der Waals surface area contributed by atoms with Crippen molar-refractivity contribution in [2.75, 3.05) is 19.8 Å². The van der Waals surface area contributed by atoms with E-state index in [9.17, 15) is 14.4 Å². The van der Waals surface area contributed by atoms with Crippen LogP contribution in [0.3, 0.4) is 0 Å². The molecule has 2 aliphatic rings. The molecular formula is C25H29N3O5. The Balaban J connectivity index is 1.48. The lowest BCUT2D eigenvalue weighted by molar-refractivity contribution is -0.135. The quantitative estimate of drug-likeness (QED) is 0.658. The number of ether oxygens (including phenoxy) is 2. The van der Waals surface area contributed by atoms with Gasteiger partial charge in [-0.2, -0.15) is 0 Å². The monoisotopic (exact) mass is 451 g/mol. The highest BCUT2D eigenvalue weighted by molar-refractivity contribution is 6.09. The van der Waals surface area contributed by atoms with Gasteiger partial charge >= 0.3 is 6.03 Å². The third-order valence-electron chi connectivity index (χ3n) is 6.04. The van der Waals surface area contributed by atoms with Gasteiger partial charge < -0.3 is 20.1 Å². The fraction of sp³-hybridized carbons (Fsp3) is 0.400. The minimum absolute atomic E-state index is 0.0661. The van der Waals surface area contributed by atoms with Crippen molar-refractivity contribution < 1.29 is 23.9 Å². The van der Waals surface area contributed by atoms with Crippen LogP contribution in [0.15, 0.2) is 48.5 Å². The van der Waals surface area contributed by atoms with Crippen LogP contribution in [0, 0.1) is 5.92 Å². The number of imide groups is 1. The molecule has 0 radical (unpaired) electrons. The summed E-state index contributed by atoms with van der Waals surface area (Å²) >= 11 is 0. The van der Waals surface area contributed by atoms with Crippen molar-refractivity contribution in [1.82, 2.24) is 15.5 Å². The maximum atomic E-state index is 13.1. The Bertz CT molecular complexity index is 1060. The third kappa shape index (κ3) is 4.51. The number of carbonyl (C=O) groups excluding carboxylic acids is 3. The third-order valence-corrected chi connectivity index (χ3v) is 6.04. The molecule has 0 saturated carbocycles. The van der Waals surface area contributed by atoms with E-state index in [2.05, 4.69) is 10.6 Å². The molecule has 0 aliphatic carbocycles. The molecule has 1 saturated heterocycles. The topological polar surface area (TPSA) is 97.0 Å². The van der Waals surface area contributed by atoms with E-state index in [0.717, 1.165) is 16.9 Å². The first-order chi connectivity index (χ1) is 15.8. The Morgan fingerprint density at radius 2 is 1.79 bits per heavy atom. The van der Waals surface area contributed by atoms with Crippen molar-refractivity contribution >= 4 is 17.8 Å². The van der Waals surface area contributed by atoms with Crippen LogP contribution in [0.25, 0.3) is 0 Å². The Morgan fingerprint density at radius 3 is 2.48 bits per heavy atom. The maximum Gasteiger partial charge on any atom is 0.325 e. The average molecular weight is 452 g/mol. The standard InChI is InChI=1S/C25H29N3O5/c1-16(2)22(17-10-11-19-20(14-17)33-13-7-12-32-19)26-21(29)15-28-23(30)25(3,27-24(28)31)18-8-5-4-6-9-18/h4-6,8-11,14,16,22H,7,12-13,15H2,1-3H3,(H,26,29)(H,27,31)/t22-,25-/m1/s1. The Kier molecular flexibility index (Phi) is 6.26. The second kappa shape index (κ2) is 9.13. The predicted octanol–water partition coefficient (Wildman–Crippen LogP) is 3.13. The second-order valence-electron chi connectivity index (χ2n) is 8.86. The molecule has 2 aliphatic heterocycles. The molecule has 174 valence electrons. The predicted molar refractivity (Wildman–Crippen MR) is 122 cm³/mol. The zero-order valence-corrected chi connectivity index (χ0v) is 19.1. The largest absolute Gasteiger partial charge is 0.490 e. The van der Waals surface area contributed by atoms with Crippen molar-refractivity contribution in [3.05, 3.63) is 59.7 Å². The SMILES string of the molecule is CC(C)[C@@H](NC(=O)CN1C(=O)N[C@](C)(c2ccccc2)C1=O)c1ccc2c(c1)OCCCO2. The second-order valence-corrected chi connectivity index (χ2v) is 8.86. The fourth-order valence-corrected chi connectivity index (χ4v) is 4.18. The summed E-state index contributed by atoms with van der Waals surface area (Å²) < 4.78 is 11.5. The van der Waals surface area contributed by atoms with Crippen molar-refractivity contribution in [2.24, 2.45) is 5.92 Å². The maximum absolute atomic E-state index is 13.1. The van der Waals surface area contributed by atoms with E-state index in [1.807, 2.05) is 38.1 Å². The molecule has 0 bridgehead atoms. The Labute approximate surface area is 193 Å². The summed E-state index contributed by atoms with van der Waals surface area (Å²) in [6.07, 6.45) is 0.808. The summed E-state index contributed by atoms with van der Waals surface area (Å²) in [6, 6.07) is 13.7. The van der Waals surface area contributed by atoms with Crippen LogP contribution < -0.4 is 20.1 Å². The smallest absolute Gasteiger partial charge is 0.325 e. The van der Waals surface area contributed by atoms with E-state index < -0.39 is 23.4 Å². The lowest BCUT2D eigenvalue weighted by Gasteiger charge is -2.25. The Morgan fingerprint density at radius 1 is 1.09 bits per heavy atom. The molecule has 1 fully saturated rings. The number of hydrogen-bond acceptors (Lipinski definition) is 5. The first-order valence-corrected chi connectivity index (χ1v) is 11.2. The van der Waals surface area contributed by atoms with Gasteiger partial charge in [0.05, 0.1) is 19.3 Å². The molecule has 2 atom stereocenters. The molecule has 2 heterocycles. The van der Waals surface area contributed by atoms with Gasteiger partial charge in [-0.25, -0.2) is 4.79 Å². The van der Waals surface area contributed by atoms with Gasteiger partial charge in [-0.1, -0.05) is 50.2 Å². The highest BCUT2D eigenvalue weighted by atomic mass is 16.5. The molecule has 4 rings (SSSR count). The molecule has 0 aromatic heterocycles. The van der Waals surface area contributed by atoms with Gasteiger partial charge in [-0.15, -0.1) is 0 Å². The molecule has 8 nitrogen and oxygen atoms in total. The minimum atomic E-state index is -1.20. The van der Waals surface area contributed by atoms with Crippen molar-refractivity contribution in [2.45, 2.75) is 38.8 Å². The highest BCUT2D eigenvalue weighted by Gasteiger charge is 2.49. The number of rotatable bonds is 6. The molecule has 8 heteroatoms. The van der Waals surface area contributed by atoms with Gasteiger partial charge in [-0.05, 0) is 36.1 Å². The number of carbonyl (C=O) groups is 3. The van der Waals surface area contributed by atoms with Gasteiger partial charge in [0.2, 0.25) is 5.91 Å². The van der Waals surface area contributed by atoms with Crippen molar-refractivity contribution in [3.8, 4) is 11.5 Å². The van der Waals surface area contributed by atoms with Crippen LogP contribution in [0.5, 0.6) is 11.5 Å². The number of hydrogen-bond donors (Lipinski definition) is 2. The number of nitrogens with zero attached hydrogens (tertiary/aromatic N) is 1. The van der Waals surface area contributed by atoms with Crippen LogP contribution in [0.4, 0.5) is 4.79 Å². The van der Waals surface area contributed by atoms with Gasteiger partial charge in [-0.3, -0.25) is 14.5 Å². The first kappa shape index (κ1) is 22.6. The lowest BCUT2D eigenvalue weighted by Crippen LogP contribution is -2.44. The normalized spacial score (nSPS) is 20.9. The van der Waals surface area contributed by atoms with Crippen LogP contribution in [0.2, 0.25) is 0 Å². The molecular weight excluding hydrogens is 422 g/mol. The number of fused-ring (bicyclic) bond motifs is 1. The molecule has 2 aromatic carbocycles. The molecule has 2 aromatic rings. The van der Waals surface area contributed by atoms with E-state index >= 15 is 0 Å². The van der Waals surface area contributed by atoms with Crippen LogP contribution >= 0.6 is 0 Å². The molecule has 4 amide bonds. The lowest BCUT2D eigenvalue weighted by atomic mass is 9.92. The summed E-state index contributed by atoms with van der Waals surface area (Å²) in [4.78, 5) is 39.6. The number of urea groups is 1. The van der Waals surface area contributed by atoms with Gasteiger partial charge in [0.1, 0.15) is 12.1 Å². The Hall–Kier alpha value is -3.55. The fourth-order valence-electron chi connectivity index (χ4n) is 4.18. The van der Waals surface area contributed by atoms with Crippen LogP contribution in [0.1, 0.15) is 44.4 Å². The molecule has 2 N–H and O–H groups in total. The zero-order valence-electron chi connectivity index (χ0n) is 19.1. The van der Waals surface area contributed by atoms with Crippen LogP contribution in [-0.4, -0.2) is 42.5 Å². The summed E-state index contributed by atoms with van der Waals surface area (Å²) in [5.74, 6) is 0.533. The zero-order chi connectivity index (χ0) is 23.6. The first-order valence-electron chi connectivity index (χ1n) is 11.2. The molecule has 0 unspecified atom stereocenters. The van der Waals surface area contributed by atoms with E-state index in [1.165, 1.54) is 0 Å². The van der Waals surface area contributed by atoms with Crippen molar-refractivity contribution in [3.63, 3.8) is 0 Å². The van der Waals surface area contributed by atoms with Gasteiger partial charge in [0.25, 0.3) is 5.91 Å². The summed E-state index contributed by atoms with van der Waals surface area (Å²) in [5.41, 5.74) is 0.331. The summed E-state index contributed by atoms with van der Waals surface area (Å²) in [5, 5.41) is 5.71. The van der Waals surface area contributed by atoms with E-state index in [4.69, 9.17) is 9.47 Å². The number of nitrogens with one attached hydrogen (secondary N) is 2. The number of amides is 4. The van der Waals surface area contributed by atoms with Gasteiger partial charge in [0, 0.05) is 6.42 Å². The van der Waals surface area contributed by atoms with E-state index in [0.29, 0.717) is 30.3 Å². The summed E-state index contributed by atoms with van der Waals surface area (Å²) in [6.45, 7) is 6.45. The summed E-state index contributed by atoms with van der Waals surface area (Å²) in [7, 11) is 0. The molecule has 33 heavy (non-hydrogen) atoms. The van der Waals surface area contributed by atoms with Crippen LogP contribution in [-0.2, 0) is 15.1 Å². The molecule has 0 spiro atoms. The highest BCUT2D eigenvalue weighted by Crippen LogP contribution is 2.34. The van der Waals surface area contributed by atoms with E-state index in [1.54, 1.807) is 31.2 Å². The van der Waals surface area contributed by atoms with E-state index in [-0.39, 0.29) is 18.5 Å².